The summed E-state index contributed by atoms with van der Waals surface area (Å²) in [6.45, 7) is 1.69. The molecule has 4 aromatic rings. The molecule has 29 heavy (non-hydrogen) atoms. The minimum atomic E-state index is -4.66. The Hall–Kier alpha value is -3.62. The molecule has 0 saturated heterocycles. The van der Waals surface area contributed by atoms with Crippen LogP contribution in [0, 0.1) is 6.92 Å². The highest BCUT2D eigenvalue weighted by atomic mass is 19.4. The highest BCUT2D eigenvalue weighted by Gasteiger charge is 2.35. The fraction of sp³-hybridized carbons (Fsp3) is 0.150. The molecule has 0 spiro atoms. The number of aromatic nitrogens is 4. The smallest absolute Gasteiger partial charge is 0.338 e. The number of anilines is 1. The third-order valence-electron chi connectivity index (χ3n) is 4.46. The Morgan fingerprint density at radius 3 is 2.48 bits per heavy atom. The average molecular weight is 399 g/mol. The first kappa shape index (κ1) is 18.7. The number of fused-ring (bicyclic) bond motifs is 1. The van der Waals surface area contributed by atoms with E-state index in [1.54, 1.807) is 26.1 Å². The number of amides is 1. The zero-order valence-electron chi connectivity index (χ0n) is 15.5. The molecule has 0 bridgehead atoms. The number of nitrogens with one attached hydrogen (secondary N) is 2. The SMILES string of the molecule is Cc1cc(C(=O)Nc2cc3nc(-c4ccccc4)[nH]c3cc2C(F)(F)F)n(C)n1. The highest BCUT2D eigenvalue weighted by molar-refractivity contribution is 6.04. The molecule has 2 N–H and O–H groups in total. The molecule has 1 amide bonds. The van der Waals surface area contributed by atoms with Crippen LogP contribution in [0.1, 0.15) is 21.7 Å². The molecule has 0 radical (unpaired) electrons. The minimum absolute atomic E-state index is 0.155. The molecular weight excluding hydrogens is 383 g/mol. The number of H-pyrrole nitrogens is 1. The first-order valence-electron chi connectivity index (χ1n) is 8.71. The van der Waals surface area contributed by atoms with Crippen LogP contribution in [-0.2, 0) is 13.2 Å². The van der Waals surface area contributed by atoms with E-state index in [1.807, 2.05) is 18.2 Å². The van der Waals surface area contributed by atoms with E-state index in [1.165, 1.54) is 16.8 Å². The second kappa shape index (κ2) is 6.77. The number of aromatic amines is 1. The summed E-state index contributed by atoms with van der Waals surface area (Å²) in [5, 5.41) is 6.40. The Morgan fingerprint density at radius 1 is 1.14 bits per heavy atom. The molecule has 2 aromatic carbocycles. The number of aryl methyl sites for hydroxylation is 2. The third kappa shape index (κ3) is 3.58. The van der Waals surface area contributed by atoms with E-state index in [2.05, 4.69) is 20.4 Å². The van der Waals surface area contributed by atoms with Crippen LogP contribution in [0.15, 0.2) is 48.5 Å². The molecule has 148 valence electrons. The number of hydrogen-bond donors (Lipinski definition) is 2. The van der Waals surface area contributed by atoms with Crippen LogP contribution < -0.4 is 5.32 Å². The van der Waals surface area contributed by atoms with Gasteiger partial charge in [-0.2, -0.15) is 18.3 Å². The molecule has 0 atom stereocenters. The lowest BCUT2D eigenvalue weighted by Gasteiger charge is -2.14. The number of halogens is 3. The molecule has 4 rings (SSSR count). The van der Waals surface area contributed by atoms with E-state index in [-0.39, 0.29) is 16.9 Å². The molecule has 0 unspecified atom stereocenters. The van der Waals surface area contributed by atoms with Gasteiger partial charge >= 0.3 is 6.18 Å². The van der Waals surface area contributed by atoms with E-state index in [4.69, 9.17) is 0 Å². The number of benzene rings is 2. The van der Waals surface area contributed by atoms with Crippen LogP contribution >= 0.6 is 0 Å². The van der Waals surface area contributed by atoms with Crippen molar-refractivity contribution in [2.45, 2.75) is 13.1 Å². The predicted molar refractivity (Wildman–Crippen MR) is 102 cm³/mol. The lowest BCUT2D eigenvalue weighted by Crippen LogP contribution is -2.19. The van der Waals surface area contributed by atoms with Crippen molar-refractivity contribution in [3.05, 3.63) is 65.5 Å². The monoisotopic (exact) mass is 399 g/mol. The van der Waals surface area contributed by atoms with Gasteiger partial charge in [0.2, 0.25) is 0 Å². The van der Waals surface area contributed by atoms with Gasteiger partial charge < -0.3 is 10.3 Å². The first-order chi connectivity index (χ1) is 13.7. The summed E-state index contributed by atoms with van der Waals surface area (Å²) in [4.78, 5) is 19.8. The predicted octanol–water partition coefficient (Wildman–Crippen LogP) is 4.54. The summed E-state index contributed by atoms with van der Waals surface area (Å²) in [5.74, 6) is -0.240. The Morgan fingerprint density at radius 2 is 1.86 bits per heavy atom. The van der Waals surface area contributed by atoms with Crippen molar-refractivity contribution in [2.75, 3.05) is 5.32 Å². The maximum Gasteiger partial charge on any atom is 0.418 e. The van der Waals surface area contributed by atoms with Gasteiger partial charge in [-0.25, -0.2) is 4.98 Å². The normalized spacial score (nSPS) is 11.8. The van der Waals surface area contributed by atoms with E-state index >= 15 is 0 Å². The number of rotatable bonds is 3. The summed E-state index contributed by atoms with van der Waals surface area (Å²) in [7, 11) is 1.55. The van der Waals surface area contributed by atoms with Gasteiger partial charge in [-0.15, -0.1) is 0 Å². The molecule has 2 heterocycles. The van der Waals surface area contributed by atoms with Gasteiger partial charge in [0.1, 0.15) is 11.5 Å². The quantitative estimate of drug-likeness (QED) is 0.531. The molecule has 0 aliphatic rings. The number of carbonyl (C=O) groups excluding carboxylic acids is 1. The van der Waals surface area contributed by atoms with Crippen LogP contribution in [0.2, 0.25) is 0 Å². The van der Waals surface area contributed by atoms with Crippen molar-refractivity contribution in [1.29, 1.82) is 0 Å². The Bertz CT molecular complexity index is 1210. The molecular formula is C20H16F3N5O. The van der Waals surface area contributed by atoms with Gasteiger partial charge in [0.25, 0.3) is 5.91 Å². The summed E-state index contributed by atoms with van der Waals surface area (Å²) in [5.41, 5.74) is 0.708. The van der Waals surface area contributed by atoms with Crippen molar-refractivity contribution in [1.82, 2.24) is 19.7 Å². The lowest BCUT2D eigenvalue weighted by molar-refractivity contribution is -0.136. The summed E-state index contributed by atoms with van der Waals surface area (Å²) >= 11 is 0. The van der Waals surface area contributed by atoms with Crippen molar-refractivity contribution < 1.29 is 18.0 Å². The zero-order chi connectivity index (χ0) is 20.8. The Balaban J connectivity index is 1.79. The van der Waals surface area contributed by atoms with E-state index in [0.29, 0.717) is 17.0 Å². The van der Waals surface area contributed by atoms with E-state index in [9.17, 15) is 18.0 Å². The van der Waals surface area contributed by atoms with Crippen LogP contribution in [0.4, 0.5) is 18.9 Å². The highest BCUT2D eigenvalue weighted by Crippen LogP contribution is 2.37. The summed E-state index contributed by atoms with van der Waals surface area (Å²) in [6.07, 6.45) is -4.66. The maximum absolute atomic E-state index is 13.6. The van der Waals surface area contributed by atoms with Crippen molar-refractivity contribution in [3.63, 3.8) is 0 Å². The number of nitrogens with zero attached hydrogens (tertiary/aromatic N) is 3. The van der Waals surface area contributed by atoms with Crippen LogP contribution in [0.3, 0.4) is 0 Å². The van der Waals surface area contributed by atoms with Gasteiger partial charge in [-0.3, -0.25) is 9.48 Å². The second-order valence-electron chi connectivity index (χ2n) is 6.61. The fourth-order valence-corrected chi connectivity index (χ4v) is 3.14. The number of carbonyl (C=O) groups is 1. The number of alkyl halides is 3. The molecule has 9 heteroatoms. The van der Waals surface area contributed by atoms with E-state index in [0.717, 1.165) is 11.6 Å². The third-order valence-corrected chi connectivity index (χ3v) is 4.46. The van der Waals surface area contributed by atoms with Crippen molar-refractivity contribution >= 4 is 22.6 Å². The van der Waals surface area contributed by atoms with Crippen LogP contribution in [-0.4, -0.2) is 25.7 Å². The van der Waals surface area contributed by atoms with Crippen LogP contribution in [0.25, 0.3) is 22.4 Å². The topological polar surface area (TPSA) is 75.6 Å². The Kier molecular flexibility index (Phi) is 4.37. The van der Waals surface area contributed by atoms with E-state index < -0.39 is 17.6 Å². The fourth-order valence-electron chi connectivity index (χ4n) is 3.14. The van der Waals surface area contributed by atoms with Crippen molar-refractivity contribution in [3.8, 4) is 11.4 Å². The van der Waals surface area contributed by atoms with Gasteiger partial charge in [0.05, 0.1) is 28.0 Å². The molecule has 2 aromatic heterocycles. The standard InChI is InChI=1S/C20H16F3N5O/c1-11-8-17(28(2)27-11)19(29)26-14-10-16-15(9-13(14)20(21,22)23)24-18(25-16)12-6-4-3-5-7-12/h3-10H,1-2H3,(H,24,25)(H,26,29). The van der Waals surface area contributed by atoms with Crippen LogP contribution in [0.5, 0.6) is 0 Å². The lowest BCUT2D eigenvalue weighted by atomic mass is 10.1. The molecule has 0 saturated carbocycles. The van der Waals surface area contributed by atoms with Gasteiger partial charge in [0.15, 0.2) is 0 Å². The second-order valence-corrected chi connectivity index (χ2v) is 6.61. The van der Waals surface area contributed by atoms with Gasteiger partial charge in [-0.05, 0) is 25.1 Å². The summed E-state index contributed by atoms with van der Waals surface area (Å²) < 4.78 is 42.2. The molecule has 0 aliphatic heterocycles. The average Bonchev–Trinajstić information content (AvgIpc) is 3.23. The first-order valence-corrected chi connectivity index (χ1v) is 8.71. The van der Waals surface area contributed by atoms with Crippen molar-refractivity contribution in [2.24, 2.45) is 7.05 Å². The molecule has 6 nitrogen and oxygen atoms in total. The van der Waals surface area contributed by atoms with Gasteiger partial charge in [0, 0.05) is 12.6 Å². The minimum Gasteiger partial charge on any atom is -0.338 e. The summed E-state index contributed by atoms with van der Waals surface area (Å²) in [6, 6.07) is 12.7. The number of hydrogen-bond acceptors (Lipinski definition) is 3. The van der Waals surface area contributed by atoms with Gasteiger partial charge in [-0.1, -0.05) is 30.3 Å². The molecule has 0 fully saturated rings. The zero-order valence-corrected chi connectivity index (χ0v) is 15.5. The molecule has 0 aliphatic carbocycles. The maximum atomic E-state index is 13.6. The largest absolute Gasteiger partial charge is 0.418 e. The number of imidazole rings is 1. The Labute approximate surface area is 163 Å².